The minimum atomic E-state index is -0.874. The van der Waals surface area contributed by atoms with Crippen LogP contribution in [0.4, 0.5) is 0 Å². The normalized spacial score (nSPS) is 18.5. The quantitative estimate of drug-likeness (QED) is 0.463. The molecule has 0 aromatic carbocycles. The maximum atomic E-state index is 11.0. The third-order valence-corrected chi connectivity index (χ3v) is 1.57. The molecule has 1 unspecified atom stereocenters. The lowest BCUT2D eigenvalue weighted by molar-refractivity contribution is -0.140. The molecule has 13 heavy (non-hydrogen) atoms. The Morgan fingerprint density at radius 1 is 1.46 bits per heavy atom. The zero-order chi connectivity index (χ0) is 9.84. The van der Waals surface area contributed by atoms with Crippen LogP contribution in [-0.4, -0.2) is 41.3 Å². The number of carbonyl (C=O) groups is 2. The van der Waals surface area contributed by atoms with E-state index >= 15 is 0 Å². The highest BCUT2D eigenvalue weighted by atomic mass is 16.6. The number of hydrogen-bond donors (Lipinski definition) is 1. The molecule has 1 N–H and O–H groups in total. The Hall–Kier alpha value is -1.20. The highest BCUT2D eigenvalue weighted by Gasteiger charge is 2.22. The summed E-state index contributed by atoms with van der Waals surface area (Å²) in [5.41, 5.74) is 0. The van der Waals surface area contributed by atoms with Gasteiger partial charge in [-0.25, -0.2) is 0 Å². The van der Waals surface area contributed by atoms with E-state index in [-0.39, 0.29) is 25.0 Å². The van der Waals surface area contributed by atoms with Gasteiger partial charge in [0, 0.05) is 12.2 Å². The molecule has 1 aliphatic heterocycles. The van der Waals surface area contributed by atoms with Gasteiger partial charge in [0.25, 0.3) is 11.8 Å². The van der Waals surface area contributed by atoms with E-state index in [0.29, 0.717) is 0 Å². The number of carbonyl (C=O) groups excluding carboxylic acids is 2. The molecule has 0 fully saturated rings. The van der Waals surface area contributed by atoms with Gasteiger partial charge in [0.2, 0.25) is 0 Å². The summed E-state index contributed by atoms with van der Waals surface area (Å²) in [5.74, 6) is -0.668. The lowest BCUT2D eigenvalue weighted by Gasteiger charge is -2.14. The van der Waals surface area contributed by atoms with Crippen LogP contribution in [0.5, 0.6) is 0 Å². The standard InChI is InChI=1S/C8H11NO4/c1-6(10)13-5-4-9-7(11)2-3-8(9)12/h2-3,6,10H,4-5H2,1H3. The highest BCUT2D eigenvalue weighted by molar-refractivity contribution is 6.12. The smallest absolute Gasteiger partial charge is 0.253 e. The van der Waals surface area contributed by atoms with Crippen molar-refractivity contribution in [2.45, 2.75) is 13.2 Å². The molecule has 1 aliphatic rings. The summed E-state index contributed by atoms with van der Waals surface area (Å²) in [5, 5.41) is 8.73. The van der Waals surface area contributed by atoms with Crippen molar-refractivity contribution >= 4 is 11.8 Å². The maximum absolute atomic E-state index is 11.0. The molecule has 0 bridgehead atoms. The van der Waals surface area contributed by atoms with E-state index in [1.54, 1.807) is 0 Å². The second kappa shape index (κ2) is 4.15. The van der Waals surface area contributed by atoms with Gasteiger partial charge in [0.15, 0.2) is 6.29 Å². The molecule has 0 radical (unpaired) electrons. The summed E-state index contributed by atoms with van der Waals surface area (Å²) in [4.78, 5) is 23.0. The third kappa shape index (κ3) is 2.64. The Bertz CT molecular complexity index is 229. The van der Waals surface area contributed by atoms with Gasteiger partial charge in [0.05, 0.1) is 13.2 Å². The first-order chi connectivity index (χ1) is 6.11. The molecular formula is C8H11NO4. The summed E-state index contributed by atoms with van der Waals surface area (Å²) < 4.78 is 4.78. The molecule has 72 valence electrons. The topological polar surface area (TPSA) is 66.8 Å². The largest absolute Gasteiger partial charge is 0.368 e. The Labute approximate surface area is 75.6 Å². The summed E-state index contributed by atoms with van der Waals surface area (Å²) in [6.07, 6.45) is 1.55. The van der Waals surface area contributed by atoms with Gasteiger partial charge in [-0.05, 0) is 6.92 Å². The highest BCUT2D eigenvalue weighted by Crippen LogP contribution is 2.02. The lowest BCUT2D eigenvalue weighted by atomic mass is 10.5. The number of rotatable bonds is 4. The molecular weight excluding hydrogens is 174 g/mol. The number of nitrogens with zero attached hydrogens (tertiary/aromatic N) is 1. The van der Waals surface area contributed by atoms with Crippen molar-refractivity contribution in [3.63, 3.8) is 0 Å². The number of hydrogen-bond acceptors (Lipinski definition) is 4. The second-order valence-corrected chi connectivity index (χ2v) is 2.63. The lowest BCUT2D eigenvalue weighted by Crippen LogP contribution is -2.33. The minimum absolute atomic E-state index is 0.150. The van der Waals surface area contributed by atoms with Crippen LogP contribution >= 0.6 is 0 Å². The van der Waals surface area contributed by atoms with Crippen LogP contribution < -0.4 is 0 Å². The summed E-state index contributed by atoms with van der Waals surface area (Å²) in [7, 11) is 0. The Balaban J connectivity index is 2.30. The van der Waals surface area contributed by atoms with Crippen LogP contribution in [0.3, 0.4) is 0 Å². The van der Waals surface area contributed by atoms with Crippen molar-refractivity contribution in [2.75, 3.05) is 13.2 Å². The predicted octanol–water partition coefficient (Wildman–Crippen LogP) is -0.734. The summed E-state index contributed by atoms with van der Waals surface area (Å²) in [6.45, 7) is 1.79. The number of aliphatic hydroxyl groups is 1. The average molecular weight is 185 g/mol. The van der Waals surface area contributed by atoms with Gasteiger partial charge in [-0.15, -0.1) is 0 Å². The fraction of sp³-hybridized carbons (Fsp3) is 0.500. The number of aliphatic hydroxyl groups excluding tert-OH is 1. The maximum Gasteiger partial charge on any atom is 0.253 e. The van der Waals surface area contributed by atoms with Gasteiger partial charge >= 0.3 is 0 Å². The van der Waals surface area contributed by atoms with E-state index in [4.69, 9.17) is 9.84 Å². The van der Waals surface area contributed by atoms with Crippen LogP contribution in [0.1, 0.15) is 6.92 Å². The van der Waals surface area contributed by atoms with Gasteiger partial charge in [0.1, 0.15) is 0 Å². The third-order valence-electron chi connectivity index (χ3n) is 1.57. The number of ether oxygens (including phenoxy) is 1. The van der Waals surface area contributed by atoms with Crippen LogP contribution in [0.2, 0.25) is 0 Å². The zero-order valence-corrected chi connectivity index (χ0v) is 7.27. The molecule has 1 rings (SSSR count). The molecule has 5 heteroatoms. The molecule has 0 aliphatic carbocycles. The zero-order valence-electron chi connectivity index (χ0n) is 7.27. The van der Waals surface area contributed by atoms with Crippen molar-refractivity contribution < 1.29 is 19.4 Å². The van der Waals surface area contributed by atoms with E-state index in [0.717, 1.165) is 4.90 Å². The molecule has 0 aromatic heterocycles. The van der Waals surface area contributed by atoms with Crippen molar-refractivity contribution in [1.82, 2.24) is 4.90 Å². The molecule has 0 saturated heterocycles. The van der Waals surface area contributed by atoms with Crippen LogP contribution in [0.25, 0.3) is 0 Å². The molecule has 0 aromatic rings. The van der Waals surface area contributed by atoms with E-state index in [1.807, 2.05) is 0 Å². The minimum Gasteiger partial charge on any atom is -0.368 e. The SMILES string of the molecule is CC(O)OCCN1C(=O)C=CC1=O. The first-order valence-corrected chi connectivity index (χ1v) is 3.94. The van der Waals surface area contributed by atoms with Crippen molar-refractivity contribution in [3.05, 3.63) is 12.2 Å². The molecule has 0 spiro atoms. The molecule has 5 nitrogen and oxygen atoms in total. The van der Waals surface area contributed by atoms with Crippen molar-refractivity contribution in [3.8, 4) is 0 Å². The van der Waals surface area contributed by atoms with E-state index in [1.165, 1.54) is 19.1 Å². The number of amides is 2. The predicted molar refractivity (Wildman–Crippen MR) is 43.5 cm³/mol. The van der Waals surface area contributed by atoms with Gasteiger partial charge < -0.3 is 9.84 Å². The molecule has 1 heterocycles. The average Bonchev–Trinajstić information content (AvgIpc) is 2.34. The Morgan fingerprint density at radius 3 is 2.46 bits per heavy atom. The fourth-order valence-corrected chi connectivity index (χ4v) is 0.966. The molecule has 2 amide bonds. The Morgan fingerprint density at radius 2 is 2.00 bits per heavy atom. The van der Waals surface area contributed by atoms with E-state index in [9.17, 15) is 9.59 Å². The van der Waals surface area contributed by atoms with Crippen molar-refractivity contribution in [2.24, 2.45) is 0 Å². The fourth-order valence-electron chi connectivity index (χ4n) is 0.966. The van der Waals surface area contributed by atoms with Gasteiger partial charge in [-0.1, -0.05) is 0 Å². The second-order valence-electron chi connectivity index (χ2n) is 2.63. The number of imide groups is 1. The van der Waals surface area contributed by atoms with E-state index < -0.39 is 6.29 Å². The Kier molecular flexibility index (Phi) is 3.16. The first kappa shape index (κ1) is 9.88. The van der Waals surface area contributed by atoms with Crippen molar-refractivity contribution in [1.29, 1.82) is 0 Å². The monoisotopic (exact) mass is 185 g/mol. The van der Waals surface area contributed by atoms with Crippen LogP contribution in [-0.2, 0) is 14.3 Å². The van der Waals surface area contributed by atoms with Gasteiger partial charge in [-0.3, -0.25) is 14.5 Å². The van der Waals surface area contributed by atoms with Gasteiger partial charge in [-0.2, -0.15) is 0 Å². The summed E-state index contributed by atoms with van der Waals surface area (Å²) >= 11 is 0. The molecule has 0 saturated carbocycles. The van der Waals surface area contributed by atoms with E-state index in [2.05, 4.69) is 0 Å². The summed E-state index contributed by atoms with van der Waals surface area (Å²) in [6, 6.07) is 0. The first-order valence-electron chi connectivity index (χ1n) is 3.94. The molecule has 1 atom stereocenters. The van der Waals surface area contributed by atoms with Crippen LogP contribution in [0, 0.1) is 0 Å². The van der Waals surface area contributed by atoms with Crippen LogP contribution in [0.15, 0.2) is 12.2 Å².